The van der Waals surface area contributed by atoms with Gasteiger partial charge in [-0.05, 0) is 37.5 Å². The molecule has 0 unspecified atom stereocenters. The molecule has 23 heavy (non-hydrogen) atoms. The number of hydrogen-bond donors (Lipinski definition) is 0. The standard InChI is InChI=1S/C17H24FNO3S/c1-13(17(20)19(2)16-6-4-3-5-7-16)23(21,22)12-14-8-10-15(18)11-9-14/h8-11,13,16H,3-7,12H2,1-2H3/t13-/m1/s1. The molecule has 0 spiro atoms. The number of benzene rings is 1. The molecule has 1 aromatic carbocycles. The summed E-state index contributed by atoms with van der Waals surface area (Å²) >= 11 is 0. The maximum Gasteiger partial charge on any atom is 0.240 e. The summed E-state index contributed by atoms with van der Waals surface area (Å²) in [6, 6.07) is 5.47. The molecule has 1 aliphatic carbocycles. The third kappa shape index (κ3) is 4.53. The second kappa shape index (κ2) is 7.43. The molecule has 128 valence electrons. The van der Waals surface area contributed by atoms with Gasteiger partial charge in [0.05, 0.1) is 5.75 Å². The van der Waals surface area contributed by atoms with Gasteiger partial charge < -0.3 is 4.90 Å². The van der Waals surface area contributed by atoms with Crippen LogP contribution in [0.4, 0.5) is 4.39 Å². The van der Waals surface area contributed by atoms with E-state index >= 15 is 0 Å². The Bertz CT molecular complexity index is 636. The lowest BCUT2D eigenvalue weighted by Crippen LogP contribution is -2.45. The predicted molar refractivity (Wildman–Crippen MR) is 88.1 cm³/mol. The summed E-state index contributed by atoms with van der Waals surface area (Å²) in [7, 11) is -1.93. The van der Waals surface area contributed by atoms with Gasteiger partial charge in [0.25, 0.3) is 0 Å². The fraction of sp³-hybridized carbons (Fsp3) is 0.588. The Morgan fingerprint density at radius 1 is 1.22 bits per heavy atom. The highest BCUT2D eigenvalue weighted by molar-refractivity contribution is 7.92. The Labute approximate surface area is 137 Å². The first-order valence-electron chi connectivity index (χ1n) is 8.04. The molecule has 4 nitrogen and oxygen atoms in total. The SMILES string of the molecule is C[C@H](C(=O)N(C)C1CCCCC1)S(=O)(=O)Cc1ccc(F)cc1. The van der Waals surface area contributed by atoms with Crippen LogP contribution in [0.2, 0.25) is 0 Å². The molecule has 0 saturated heterocycles. The van der Waals surface area contributed by atoms with Crippen molar-refractivity contribution in [3.8, 4) is 0 Å². The zero-order chi connectivity index (χ0) is 17.0. The second-order valence-corrected chi connectivity index (χ2v) is 8.64. The number of carbonyl (C=O) groups excluding carboxylic acids is 1. The van der Waals surface area contributed by atoms with Crippen LogP contribution < -0.4 is 0 Å². The summed E-state index contributed by atoms with van der Waals surface area (Å²) in [5.41, 5.74) is 0.492. The first-order chi connectivity index (χ1) is 10.8. The van der Waals surface area contributed by atoms with Gasteiger partial charge in [-0.3, -0.25) is 4.79 Å². The summed E-state index contributed by atoms with van der Waals surface area (Å²) in [6.07, 6.45) is 5.22. The molecule has 1 atom stereocenters. The van der Waals surface area contributed by atoms with Gasteiger partial charge in [0.2, 0.25) is 5.91 Å². The quantitative estimate of drug-likeness (QED) is 0.827. The lowest BCUT2D eigenvalue weighted by Gasteiger charge is -2.32. The average molecular weight is 341 g/mol. The molecular formula is C17H24FNO3S. The molecule has 1 saturated carbocycles. The molecule has 2 rings (SSSR count). The van der Waals surface area contributed by atoms with E-state index in [0.29, 0.717) is 5.56 Å². The number of rotatable bonds is 5. The minimum Gasteiger partial charge on any atom is -0.342 e. The molecule has 1 fully saturated rings. The molecule has 1 aliphatic rings. The van der Waals surface area contributed by atoms with Crippen molar-refractivity contribution in [3.05, 3.63) is 35.6 Å². The lowest BCUT2D eigenvalue weighted by molar-refractivity contribution is -0.131. The van der Waals surface area contributed by atoms with Gasteiger partial charge >= 0.3 is 0 Å². The monoisotopic (exact) mass is 341 g/mol. The maximum absolute atomic E-state index is 12.9. The van der Waals surface area contributed by atoms with E-state index in [9.17, 15) is 17.6 Å². The molecule has 0 radical (unpaired) electrons. The fourth-order valence-corrected chi connectivity index (χ4v) is 4.41. The van der Waals surface area contributed by atoms with Crippen LogP contribution in [0.25, 0.3) is 0 Å². The van der Waals surface area contributed by atoms with Gasteiger partial charge in [-0.25, -0.2) is 12.8 Å². The van der Waals surface area contributed by atoms with Crippen molar-refractivity contribution >= 4 is 15.7 Å². The minimum absolute atomic E-state index is 0.139. The van der Waals surface area contributed by atoms with Crippen molar-refractivity contribution in [2.24, 2.45) is 0 Å². The van der Waals surface area contributed by atoms with Gasteiger partial charge in [-0.1, -0.05) is 31.4 Å². The van der Waals surface area contributed by atoms with Crippen LogP contribution in [-0.4, -0.2) is 37.6 Å². The summed E-state index contributed by atoms with van der Waals surface area (Å²) in [5, 5.41) is -1.08. The van der Waals surface area contributed by atoms with Crippen LogP contribution in [0.15, 0.2) is 24.3 Å². The third-order valence-electron chi connectivity index (χ3n) is 4.64. The molecule has 0 heterocycles. The van der Waals surface area contributed by atoms with Gasteiger partial charge in [0.15, 0.2) is 9.84 Å². The highest BCUT2D eigenvalue weighted by Crippen LogP contribution is 2.23. The van der Waals surface area contributed by atoms with Crippen molar-refractivity contribution < 1.29 is 17.6 Å². The molecule has 0 bridgehead atoms. The Kier molecular flexibility index (Phi) is 5.79. The third-order valence-corrected chi connectivity index (χ3v) is 6.65. The highest BCUT2D eigenvalue weighted by Gasteiger charge is 2.33. The Morgan fingerprint density at radius 2 is 1.78 bits per heavy atom. The van der Waals surface area contributed by atoms with E-state index in [1.54, 1.807) is 11.9 Å². The summed E-state index contributed by atoms with van der Waals surface area (Å²) in [5.74, 6) is -1.01. The van der Waals surface area contributed by atoms with E-state index in [-0.39, 0.29) is 17.7 Å². The van der Waals surface area contributed by atoms with Crippen LogP contribution >= 0.6 is 0 Å². The number of amides is 1. The fourth-order valence-electron chi connectivity index (χ4n) is 3.03. The number of carbonyl (C=O) groups is 1. The molecule has 0 aliphatic heterocycles. The van der Waals surface area contributed by atoms with Gasteiger partial charge in [0.1, 0.15) is 11.1 Å². The molecule has 0 N–H and O–H groups in total. The predicted octanol–water partition coefficient (Wildman–Crippen LogP) is 2.92. The van der Waals surface area contributed by atoms with Crippen molar-refractivity contribution in [2.45, 2.75) is 56.1 Å². The Morgan fingerprint density at radius 3 is 2.35 bits per heavy atom. The molecule has 6 heteroatoms. The summed E-state index contributed by atoms with van der Waals surface area (Å²) in [4.78, 5) is 14.1. The van der Waals surface area contributed by atoms with Crippen molar-refractivity contribution in [1.82, 2.24) is 4.90 Å². The normalized spacial score (nSPS) is 17.7. The van der Waals surface area contributed by atoms with Crippen LogP contribution in [0.3, 0.4) is 0 Å². The van der Waals surface area contributed by atoms with Gasteiger partial charge in [-0.15, -0.1) is 0 Å². The number of hydrogen-bond acceptors (Lipinski definition) is 3. The van der Waals surface area contributed by atoms with E-state index in [2.05, 4.69) is 0 Å². The first-order valence-corrected chi connectivity index (χ1v) is 9.75. The Hall–Kier alpha value is -1.43. The topological polar surface area (TPSA) is 54.5 Å². The smallest absolute Gasteiger partial charge is 0.240 e. The summed E-state index contributed by atoms with van der Waals surface area (Å²) in [6.45, 7) is 1.44. The van der Waals surface area contributed by atoms with E-state index in [1.165, 1.54) is 37.6 Å². The molecular weight excluding hydrogens is 317 g/mol. The molecule has 1 aromatic rings. The zero-order valence-corrected chi connectivity index (χ0v) is 14.5. The van der Waals surface area contributed by atoms with Crippen LogP contribution in [0.1, 0.15) is 44.6 Å². The number of sulfone groups is 1. The van der Waals surface area contributed by atoms with E-state index < -0.39 is 20.9 Å². The lowest BCUT2D eigenvalue weighted by atomic mass is 9.94. The first kappa shape index (κ1) is 17.9. The maximum atomic E-state index is 12.9. The minimum atomic E-state index is -3.62. The average Bonchev–Trinajstić information content (AvgIpc) is 2.55. The van der Waals surface area contributed by atoms with Crippen LogP contribution in [-0.2, 0) is 20.4 Å². The van der Waals surface area contributed by atoms with Crippen LogP contribution in [0.5, 0.6) is 0 Å². The van der Waals surface area contributed by atoms with Crippen molar-refractivity contribution in [2.75, 3.05) is 7.05 Å². The second-order valence-electron chi connectivity index (χ2n) is 6.32. The zero-order valence-electron chi connectivity index (χ0n) is 13.7. The highest BCUT2D eigenvalue weighted by atomic mass is 32.2. The molecule has 1 amide bonds. The van der Waals surface area contributed by atoms with Crippen molar-refractivity contribution in [1.29, 1.82) is 0 Å². The van der Waals surface area contributed by atoms with Crippen LogP contribution in [0, 0.1) is 5.82 Å². The van der Waals surface area contributed by atoms with Crippen molar-refractivity contribution in [3.63, 3.8) is 0 Å². The Balaban J connectivity index is 2.05. The molecule has 0 aromatic heterocycles. The van der Waals surface area contributed by atoms with E-state index in [1.807, 2.05) is 0 Å². The van der Waals surface area contributed by atoms with Gasteiger partial charge in [0, 0.05) is 13.1 Å². The summed E-state index contributed by atoms with van der Waals surface area (Å²) < 4.78 is 37.9. The largest absolute Gasteiger partial charge is 0.342 e. The number of halogens is 1. The van der Waals surface area contributed by atoms with E-state index in [4.69, 9.17) is 0 Å². The van der Waals surface area contributed by atoms with Gasteiger partial charge in [-0.2, -0.15) is 0 Å². The van der Waals surface area contributed by atoms with E-state index in [0.717, 1.165) is 25.7 Å². The number of nitrogens with zero attached hydrogens (tertiary/aromatic N) is 1.